The summed E-state index contributed by atoms with van der Waals surface area (Å²) in [5.41, 5.74) is 0.845. The van der Waals surface area contributed by atoms with Gasteiger partial charge in [0.15, 0.2) is 12.5 Å². The molecule has 2 atom stereocenters. The molecule has 1 fully saturated rings. The van der Waals surface area contributed by atoms with Gasteiger partial charge in [0.25, 0.3) is 5.19 Å². The van der Waals surface area contributed by atoms with Gasteiger partial charge in [0.1, 0.15) is 5.76 Å². The predicted molar refractivity (Wildman–Crippen MR) is 118 cm³/mol. The maximum atomic E-state index is 12.3. The normalized spacial score (nSPS) is 21.6. The second-order valence-electron chi connectivity index (χ2n) is 8.70. The van der Waals surface area contributed by atoms with Gasteiger partial charge >= 0.3 is 6.18 Å². The van der Waals surface area contributed by atoms with Crippen LogP contribution in [0.15, 0.2) is 10.6 Å². The molecule has 0 aliphatic carbocycles. The zero-order valence-corrected chi connectivity index (χ0v) is 19.8. The Kier molecular flexibility index (Phi) is 8.10. The zero-order valence-electron chi connectivity index (χ0n) is 19.0. The van der Waals surface area contributed by atoms with E-state index in [2.05, 4.69) is 20.2 Å². The molecular weight excluding hydrogens is 473 g/mol. The van der Waals surface area contributed by atoms with E-state index >= 15 is 0 Å². The molecule has 34 heavy (non-hydrogen) atoms. The smallest absolute Gasteiger partial charge is 0.422 e. The van der Waals surface area contributed by atoms with Crippen LogP contribution in [0.1, 0.15) is 41.5 Å². The molecular formula is C22H29F3N4O4S. The molecule has 0 aromatic carbocycles. The summed E-state index contributed by atoms with van der Waals surface area (Å²) < 4.78 is 53.2. The van der Waals surface area contributed by atoms with E-state index in [1.807, 2.05) is 0 Å². The van der Waals surface area contributed by atoms with E-state index in [4.69, 9.17) is 13.9 Å². The molecule has 0 spiro atoms. The van der Waals surface area contributed by atoms with Crippen molar-refractivity contribution in [2.75, 3.05) is 32.8 Å². The van der Waals surface area contributed by atoms with Gasteiger partial charge in [-0.25, -0.2) is 9.97 Å². The molecule has 2 aliphatic rings. The van der Waals surface area contributed by atoms with Crippen LogP contribution >= 0.6 is 11.3 Å². The highest BCUT2D eigenvalue weighted by Crippen LogP contribution is 2.29. The molecule has 2 aromatic rings. The largest absolute Gasteiger partial charge is 0.460 e. The van der Waals surface area contributed by atoms with Crippen LogP contribution in [0.4, 0.5) is 13.2 Å². The van der Waals surface area contributed by atoms with Crippen LogP contribution in [0, 0.1) is 6.92 Å². The Morgan fingerprint density at radius 1 is 1.32 bits per heavy atom. The van der Waals surface area contributed by atoms with E-state index in [0.717, 1.165) is 55.9 Å². The highest BCUT2D eigenvalue weighted by atomic mass is 32.1. The van der Waals surface area contributed by atoms with Crippen LogP contribution in [0.2, 0.25) is 0 Å². The Balaban J connectivity index is 1.13. The fraction of sp³-hybridized carbons (Fsp3) is 0.682. The second-order valence-corrected chi connectivity index (χ2v) is 9.75. The number of thiazole rings is 1. The lowest BCUT2D eigenvalue weighted by Crippen LogP contribution is -2.44. The number of alkyl halides is 3. The minimum Gasteiger partial charge on any atom is -0.460 e. The van der Waals surface area contributed by atoms with Gasteiger partial charge in [-0.05, 0) is 25.7 Å². The molecule has 0 unspecified atom stereocenters. The van der Waals surface area contributed by atoms with E-state index in [1.54, 1.807) is 13.1 Å². The van der Waals surface area contributed by atoms with Crippen LogP contribution < -0.4 is 10.1 Å². The fourth-order valence-corrected chi connectivity index (χ4v) is 5.16. The molecule has 2 aliphatic heterocycles. The van der Waals surface area contributed by atoms with Crippen LogP contribution in [-0.4, -0.2) is 71.9 Å². The van der Waals surface area contributed by atoms with E-state index in [1.165, 1.54) is 11.3 Å². The van der Waals surface area contributed by atoms with Crippen molar-refractivity contribution < 1.29 is 31.9 Å². The predicted octanol–water partition coefficient (Wildman–Crippen LogP) is 3.08. The molecule has 4 heterocycles. The van der Waals surface area contributed by atoms with E-state index in [-0.39, 0.29) is 29.7 Å². The number of carbonyl (C=O) groups excluding carboxylic acids is 1. The monoisotopic (exact) mass is 502 g/mol. The van der Waals surface area contributed by atoms with E-state index in [9.17, 15) is 18.0 Å². The number of hydrogen-bond donors (Lipinski definition) is 1. The lowest BCUT2D eigenvalue weighted by Gasteiger charge is -2.31. The highest BCUT2D eigenvalue weighted by molar-refractivity contribution is 7.13. The van der Waals surface area contributed by atoms with Crippen molar-refractivity contribution in [2.24, 2.45) is 0 Å². The summed E-state index contributed by atoms with van der Waals surface area (Å²) in [7, 11) is 0. The Morgan fingerprint density at radius 2 is 2.15 bits per heavy atom. The first-order valence-electron chi connectivity index (χ1n) is 11.5. The number of nitrogens with zero attached hydrogens (tertiary/aromatic N) is 3. The molecule has 1 N–H and O–H groups in total. The van der Waals surface area contributed by atoms with Crippen molar-refractivity contribution in [3.63, 3.8) is 0 Å². The molecule has 188 valence electrons. The SMILES string of the molecule is Cc1ncc(CC(=O)N[C@H]2CC[C@H](CCN3CCc4nc(OCC(F)(F)F)sc4CC3)OC2)o1. The summed E-state index contributed by atoms with van der Waals surface area (Å²) in [5.74, 6) is 1.00. The number of nitrogens with one attached hydrogen (secondary N) is 1. The van der Waals surface area contributed by atoms with Crippen molar-refractivity contribution in [1.29, 1.82) is 0 Å². The number of fused-ring (bicyclic) bond motifs is 1. The first-order valence-corrected chi connectivity index (χ1v) is 12.3. The molecule has 1 amide bonds. The minimum atomic E-state index is -4.36. The van der Waals surface area contributed by atoms with Crippen LogP contribution in [-0.2, 0) is 28.8 Å². The van der Waals surface area contributed by atoms with Crippen molar-refractivity contribution in [1.82, 2.24) is 20.2 Å². The number of oxazole rings is 1. The topological polar surface area (TPSA) is 89.7 Å². The van der Waals surface area contributed by atoms with Gasteiger partial charge in [-0.3, -0.25) is 4.79 Å². The van der Waals surface area contributed by atoms with Gasteiger partial charge in [-0.1, -0.05) is 11.3 Å². The Hall–Kier alpha value is -2.18. The van der Waals surface area contributed by atoms with Crippen molar-refractivity contribution >= 4 is 17.2 Å². The van der Waals surface area contributed by atoms with Gasteiger partial charge in [0, 0.05) is 37.9 Å². The number of ether oxygens (including phenoxy) is 2. The van der Waals surface area contributed by atoms with E-state index < -0.39 is 12.8 Å². The lowest BCUT2D eigenvalue weighted by atomic mass is 10.0. The summed E-state index contributed by atoms with van der Waals surface area (Å²) in [6, 6.07) is 0.00165. The van der Waals surface area contributed by atoms with Crippen molar-refractivity contribution in [2.45, 2.75) is 63.8 Å². The number of aromatic nitrogens is 2. The van der Waals surface area contributed by atoms with Crippen molar-refractivity contribution in [3.05, 3.63) is 28.4 Å². The maximum absolute atomic E-state index is 12.3. The standard InChI is InChI=1S/C22H29F3N4O4S/c1-14-26-11-17(33-14)10-20(30)27-15-2-3-16(31-12-15)4-7-29-8-5-18-19(6-9-29)34-21(28-18)32-13-22(23,24)25/h11,15-16H,2-10,12-13H2,1H3,(H,27,30)/t15-,16+/m0/s1. The average Bonchev–Trinajstić information content (AvgIpc) is 3.32. The molecule has 1 saturated heterocycles. The Labute approximate surface area is 199 Å². The molecule has 8 nitrogen and oxygen atoms in total. The van der Waals surface area contributed by atoms with Crippen LogP contribution in [0.3, 0.4) is 0 Å². The molecule has 2 aromatic heterocycles. The molecule has 4 rings (SSSR count). The van der Waals surface area contributed by atoms with Crippen LogP contribution in [0.5, 0.6) is 5.19 Å². The van der Waals surface area contributed by atoms with Gasteiger partial charge in [0.2, 0.25) is 5.91 Å². The molecule has 0 bridgehead atoms. The fourth-order valence-electron chi connectivity index (χ4n) is 4.21. The highest BCUT2D eigenvalue weighted by Gasteiger charge is 2.30. The summed E-state index contributed by atoms with van der Waals surface area (Å²) in [6.45, 7) is 3.46. The molecule has 0 saturated carbocycles. The third kappa shape index (κ3) is 7.41. The zero-order chi connectivity index (χ0) is 24.1. The molecule has 12 heteroatoms. The summed E-state index contributed by atoms with van der Waals surface area (Å²) in [6.07, 6.45) is 1.65. The second kappa shape index (κ2) is 11.0. The van der Waals surface area contributed by atoms with Crippen molar-refractivity contribution in [3.8, 4) is 5.19 Å². The number of rotatable bonds is 8. The first kappa shape index (κ1) is 24.9. The molecule has 0 radical (unpaired) electrons. The number of hydrogen-bond acceptors (Lipinski definition) is 8. The third-order valence-corrected chi connectivity index (χ3v) is 7.01. The quantitative estimate of drug-likeness (QED) is 0.593. The van der Waals surface area contributed by atoms with Crippen LogP contribution in [0.25, 0.3) is 0 Å². The Bertz CT molecular complexity index is 931. The van der Waals surface area contributed by atoms with E-state index in [0.29, 0.717) is 24.7 Å². The number of carbonyl (C=O) groups is 1. The number of halogens is 3. The average molecular weight is 503 g/mol. The summed E-state index contributed by atoms with van der Waals surface area (Å²) in [4.78, 5) is 23.8. The number of aryl methyl sites for hydroxylation is 1. The van der Waals surface area contributed by atoms with Gasteiger partial charge in [0.05, 0.1) is 37.1 Å². The maximum Gasteiger partial charge on any atom is 0.422 e. The third-order valence-electron chi connectivity index (χ3n) is 5.94. The van der Waals surface area contributed by atoms with Gasteiger partial charge < -0.3 is 24.1 Å². The summed E-state index contributed by atoms with van der Waals surface area (Å²) >= 11 is 1.22. The van der Waals surface area contributed by atoms with Gasteiger partial charge in [-0.2, -0.15) is 13.2 Å². The lowest BCUT2D eigenvalue weighted by molar-refractivity contribution is -0.153. The summed E-state index contributed by atoms with van der Waals surface area (Å²) in [5, 5.41) is 3.10. The number of amides is 1. The first-order chi connectivity index (χ1) is 16.2. The minimum absolute atomic E-state index is 0.00165. The Morgan fingerprint density at radius 3 is 2.85 bits per heavy atom. The van der Waals surface area contributed by atoms with Gasteiger partial charge in [-0.15, -0.1) is 0 Å².